The van der Waals surface area contributed by atoms with Gasteiger partial charge in [-0.1, -0.05) is 0 Å². The molecule has 0 spiro atoms. The van der Waals surface area contributed by atoms with Crippen molar-refractivity contribution in [3.8, 4) is 0 Å². The van der Waals surface area contributed by atoms with Gasteiger partial charge in [0.2, 0.25) is 0 Å². The molecule has 0 bridgehead atoms. The summed E-state index contributed by atoms with van der Waals surface area (Å²) in [5, 5.41) is 1.65. The lowest BCUT2D eigenvalue weighted by Gasteiger charge is -2.10. The van der Waals surface area contributed by atoms with E-state index in [0.29, 0.717) is 0 Å². The Kier molecular flexibility index (Phi) is 3.02. The third-order valence-electron chi connectivity index (χ3n) is 1.62. The third-order valence-corrected chi connectivity index (χ3v) is 1.62. The average Bonchev–Trinajstić information content (AvgIpc) is 2.07. The van der Waals surface area contributed by atoms with Crippen LogP contribution in [0, 0.1) is 11.6 Å². The molecule has 1 rings (SSSR count). The van der Waals surface area contributed by atoms with Gasteiger partial charge in [-0.05, 0) is 6.07 Å². The lowest BCUT2D eigenvalue weighted by atomic mass is 10.1. The van der Waals surface area contributed by atoms with Crippen LogP contribution in [0.1, 0.15) is 5.56 Å². The second-order valence-electron chi connectivity index (χ2n) is 2.80. The monoisotopic (exact) mass is 240 g/mol. The van der Waals surface area contributed by atoms with E-state index in [2.05, 4.69) is 5.73 Å². The van der Waals surface area contributed by atoms with Crippen molar-refractivity contribution in [2.75, 3.05) is 5.32 Å². The molecule has 0 aliphatic carbocycles. The van der Waals surface area contributed by atoms with Crippen molar-refractivity contribution < 1.29 is 26.7 Å². The first kappa shape index (κ1) is 12.2. The molecule has 0 aliphatic heterocycles. The van der Waals surface area contributed by atoms with Gasteiger partial charge in [0.1, 0.15) is 11.6 Å². The molecule has 0 aliphatic rings. The largest absolute Gasteiger partial charge is 0.419 e. The van der Waals surface area contributed by atoms with E-state index in [1.807, 2.05) is 0 Å². The standard InChI is InChI=1S/C8H5F5N2O/c9-4-2-6(15-7(14)16)5(10)1-3(4)8(11,12)13/h1-2H,(H3,14,15,16). The Hall–Kier alpha value is -1.86. The molecule has 0 fully saturated rings. The van der Waals surface area contributed by atoms with Gasteiger partial charge in [-0.25, -0.2) is 13.6 Å². The summed E-state index contributed by atoms with van der Waals surface area (Å²) in [6, 6.07) is -1.05. The van der Waals surface area contributed by atoms with E-state index in [1.165, 1.54) is 0 Å². The first-order valence-electron chi connectivity index (χ1n) is 3.84. The highest BCUT2D eigenvalue weighted by Crippen LogP contribution is 2.33. The molecule has 8 heteroatoms. The summed E-state index contributed by atoms with van der Waals surface area (Å²) in [5.74, 6) is -3.12. The molecule has 88 valence electrons. The fraction of sp³-hybridized carbons (Fsp3) is 0.125. The highest BCUT2D eigenvalue weighted by molar-refractivity contribution is 5.87. The Morgan fingerprint density at radius 1 is 1.19 bits per heavy atom. The molecule has 2 amide bonds. The van der Waals surface area contributed by atoms with Crippen LogP contribution in [0.4, 0.5) is 32.4 Å². The van der Waals surface area contributed by atoms with E-state index in [-0.39, 0.29) is 12.1 Å². The summed E-state index contributed by atoms with van der Waals surface area (Å²) in [6.07, 6.45) is -5.00. The fourth-order valence-corrected chi connectivity index (χ4v) is 0.993. The molecule has 1 aromatic carbocycles. The first-order valence-corrected chi connectivity index (χ1v) is 3.84. The maximum absolute atomic E-state index is 13.0. The first-order chi connectivity index (χ1) is 7.21. The van der Waals surface area contributed by atoms with Crippen molar-refractivity contribution in [2.24, 2.45) is 5.73 Å². The molecular weight excluding hydrogens is 235 g/mol. The minimum absolute atomic E-state index is 0.0550. The zero-order valence-corrected chi connectivity index (χ0v) is 7.53. The SMILES string of the molecule is NC(=O)Nc1cc(F)c(C(F)(F)F)cc1F. The average molecular weight is 240 g/mol. The zero-order chi connectivity index (χ0) is 12.5. The maximum atomic E-state index is 13.0. The van der Waals surface area contributed by atoms with Crippen molar-refractivity contribution in [3.05, 3.63) is 29.3 Å². The number of hydrogen-bond donors (Lipinski definition) is 2. The van der Waals surface area contributed by atoms with Gasteiger partial charge in [0, 0.05) is 6.07 Å². The molecule has 0 atom stereocenters. The predicted molar refractivity (Wildman–Crippen MR) is 44.6 cm³/mol. The van der Waals surface area contributed by atoms with Crippen LogP contribution in [-0.4, -0.2) is 6.03 Å². The van der Waals surface area contributed by atoms with Crippen LogP contribution >= 0.6 is 0 Å². The number of primary amides is 1. The van der Waals surface area contributed by atoms with Crippen molar-refractivity contribution in [2.45, 2.75) is 6.18 Å². The molecule has 0 heterocycles. The molecule has 0 aromatic heterocycles. The van der Waals surface area contributed by atoms with E-state index in [1.54, 1.807) is 5.32 Å². The molecule has 1 aromatic rings. The van der Waals surface area contributed by atoms with E-state index < -0.39 is 35.1 Å². The minimum atomic E-state index is -5.00. The molecule has 0 radical (unpaired) electrons. The summed E-state index contributed by atoms with van der Waals surface area (Å²) in [7, 11) is 0. The molecule has 3 nitrogen and oxygen atoms in total. The fourth-order valence-electron chi connectivity index (χ4n) is 0.993. The predicted octanol–water partition coefficient (Wildman–Crippen LogP) is 2.47. The number of anilines is 1. The van der Waals surface area contributed by atoms with Crippen LogP contribution in [-0.2, 0) is 6.18 Å². The summed E-state index contributed by atoms with van der Waals surface area (Å²) in [6.45, 7) is 0. The van der Waals surface area contributed by atoms with Gasteiger partial charge in [-0.2, -0.15) is 13.2 Å². The molecule has 0 saturated carbocycles. The van der Waals surface area contributed by atoms with E-state index in [0.717, 1.165) is 0 Å². The number of rotatable bonds is 1. The maximum Gasteiger partial charge on any atom is 0.419 e. The number of nitrogens with one attached hydrogen (secondary N) is 1. The topological polar surface area (TPSA) is 55.1 Å². The third kappa shape index (κ3) is 2.59. The van der Waals surface area contributed by atoms with E-state index in [9.17, 15) is 26.7 Å². The molecular formula is C8H5F5N2O. The van der Waals surface area contributed by atoms with Crippen LogP contribution in [0.25, 0.3) is 0 Å². The van der Waals surface area contributed by atoms with Crippen molar-refractivity contribution >= 4 is 11.7 Å². The molecule has 16 heavy (non-hydrogen) atoms. The van der Waals surface area contributed by atoms with Crippen molar-refractivity contribution in [1.29, 1.82) is 0 Å². The van der Waals surface area contributed by atoms with Gasteiger partial charge in [0.15, 0.2) is 0 Å². The van der Waals surface area contributed by atoms with Crippen LogP contribution in [0.5, 0.6) is 0 Å². The summed E-state index contributed by atoms with van der Waals surface area (Å²) < 4.78 is 62.2. The molecule has 0 saturated heterocycles. The second-order valence-corrected chi connectivity index (χ2v) is 2.80. The number of carbonyl (C=O) groups excluding carboxylic acids is 1. The normalized spacial score (nSPS) is 11.3. The Labute approximate surface area is 86.0 Å². The minimum Gasteiger partial charge on any atom is -0.351 e. The van der Waals surface area contributed by atoms with Gasteiger partial charge < -0.3 is 11.1 Å². The van der Waals surface area contributed by atoms with Crippen molar-refractivity contribution in [1.82, 2.24) is 0 Å². The Morgan fingerprint density at radius 2 is 1.75 bits per heavy atom. The van der Waals surface area contributed by atoms with Gasteiger partial charge in [-0.3, -0.25) is 0 Å². The summed E-state index contributed by atoms with van der Waals surface area (Å²) in [4.78, 5) is 10.3. The lowest BCUT2D eigenvalue weighted by Crippen LogP contribution is -2.20. The van der Waals surface area contributed by atoms with E-state index >= 15 is 0 Å². The lowest BCUT2D eigenvalue weighted by molar-refractivity contribution is -0.140. The van der Waals surface area contributed by atoms with Crippen LogP contribution < -0.4 is 11.1 Å². The Balaban J connectivity index is 3.22. The van der Waals surface area contributed by atoms with Crippen molar-refractivity contribution in [3.63, 3.8) is 0 Å². The van der Waals surface area contributed by atoms with Gasteiger partial charge >= 0.3 is 12.2 Å². The number of nitrogens with two attached hydrogens (primary N) is 1. The smallest absolute Gasteiger partial charge is 0.351 e. The Morgan fingerprint density at radius 3 is 2.19 bits per heavy atom. The number of benzene rings is 1. The number of urea groups is 1. The second kappa shape index (κ2) is 3.95. The van der Waals surface area contributed by atoms with Gasteiger partial charge in [0.05, 0.1) is 11.3 Å². The summed E-state index contributed by atoms with van der Waals surface area (Å²) in [5.41, 5.74) is 2.10. The highest BCUT2D eigenvalue weighted by Gasteiger charge is 2.35. The number of carbonyl (C=O) groups is 1. The van der Waals surface area contributed by atoms with Crippen LogP contribution in [0.15, 0.2) is 12.1 Å². The van der Waals surface area contributed by atoms with E-state index in [4.69, 9.17) is 0 Å². The number of alkyl halides is 3. The van der Waals surface area contributed by atoms with Gasteiger partial charge in [0.25, 0.3) is 0 Å². The highest BCUT2D eigenvalue weighted by atomic mass is 19.4. The number of halogens is 5. The number of amides is 2. The summed E-state index contributed by atoms with van der Waals surface area (Å²) >= 11 is 0. The molecule has 3 N–H and O–H groups in total. The van der Waals surface area contributed by atoms with Gasteiger partial charge in [-0.15, -0.1) is 0 Å². The Bertz CT molecular complexity index is 429. The van der Waals surface area contributed by atoms with Crippen LogP contribution in [0.3, 0.4) is 0 Å². The molecule has 0 unspecified atom stereocenters. The van der Waals surface area contributed by atoms with Crippen LogP contribution in [0.2, 0.25) is 0 Å². The number of hydrogen-bond acceptors (Lipinski definition) is 1. The quantitative estimate of drug-likeness (QED) is 0.728. The zero-order valence-electron chi connectivity index (χ0n) is 7.53.